The molecule has 1 aliphatic heterocycles. The molecular formula is C10H20O2. The second kappa shape index (κ2) is 6.44. The maximum atomic E-state index is 5.44. The van der Waals surface area contributed by atoms with Crippen LogP contribution in [0.3, 0.4) is 0 Å². The van der Waals surface area contributed by atoms with Crippen LogP contribution < -0.4 is 0 Å². The van der Waals surface area contributed by atoms with E-state index in [0.29, 0.717) is 6.10 Å². The molecule has 0 spiro atoms. The Morgan fingerprint density at radius 2 is 2.00 bits per heavy atom. The van der Waals surface area contributed by atoms with Gasteiger partial charge in [0.25, 0.3) is 0 Å². The van der Waals surface area contributed by atoms with Crippen LogP contribution in [0.4, 0.5) is 0 Å². The number of hydrogen-bond donors (Lipinski definition) is 0. The van der Waals surface area contributed by atoms with Gasteiger partial charge in [-0.3, -0.25) is 0 Å². The molecule has 1 heterocycles. The second-order valence-electron chi connectivity index (χ2n) is 3.42. The van der Waals surface area contributed by atoms with Crippen molar-refractivity contribution < 1.29 is 9.47 Å². The number of epoxide rings is 1. The summed E-state index contributed by atoms with van der Waals surface area (Å²) in [6.07, 6.45) is 6.72. The van der Waals surface area contributed by atoms with Crippen LogP contribution in [0.15, 0.2) is 0 Å². The van der Waals surface area contributed by atoms with Crippen molar-refractivity contribution in [2.24, 2.45) is 0 Å². The first kappa shape index (κ1) is 10.0. The lowest BCUT2D eigenvalue weighted by Gasteiger charge is -2.01. The van der Waals surface area contributed by atoms with Crippen molar-refractivity contribution in [2.75, 3.05) is 19.8 Å². The summed E-state index contributed by atoms with van der Waals surface area (Å²) in [7, 11) is 0. The van der Waals surface area contributed by atoms with E-state index in [2.05, 4.69) is 6.92 Å². The molecule has 1 atom stereocenters. The zero-order valence-corrected chi connectivity index (χ0v) is 8.05. The summed E-state index contributed by atoms with van der Waals surface area (Å²) in [6, 6.07) is 0. The summed E-state index contributed by atoms with van der Waals surface area (Å²) in [6.45, 7) is 5.06. The third-order valence-electron chi connectivity index (χ3n) is 2.11. The van der Waals surface area contributed by atoms with Crippen LogP contribution in [0.1, 0.15) is 39.0 Å². The molecule has 0 aromatic heterocycles. The Labute approximate surface area is 75.2 Å². The van der Waals surface area contributed by atoms with E-state index in [4.69, 9.17) is 9.47 Å². The average Bonchev–Trinajstić information content (AvgIpc) is 2.87. The van der Waals surface area contributed by atoms with Crippen molar-refractivity contribution in [3.63, 3.8) is 0 Å². The molecule has 0 aromatic rings. The fourth-order valence-corrected chi connectivity index (χ4v) is 1.16. The minimum Gasteiger partial charge on any atom is -0.381 e. The Balaban J connectivity index is 1.65. The summed E-state index contributed by atoms with van der Waals surface area (Å²) in [5.74, 6) is 0. The monoisotopic (exact) mass is 172 g/mol. The molecule has 2 nitrogen and oxygen atoms in total. The predicted molar refractivity (Wildman–Crippen MR) is 49.3 cm³/mol. The molecule has 0 unspecified atom stereocenters. The van der Waals surface area contributed by atoms with Crippen LogP contribution in [0.5, 0.6) is 0 Å². The molecule has 1 rings (SSSR count). The van der Waals surface area contributed by atoms with Crippen molar-refractivity contribution in [1.29, 1.82) is 0 Å². The van der Waals surface area contributed by atoms with Crippen molar-refractivity contribution in [2.45, 2.75) is 45.1 Å². The molecule has 0 aliphatic carbocycles. The van der Waals surface area contributed by atoms with Crippen LogP contribution in [0.25, 0.3) is 0 Å². The topological polar surface area (TPSA) is 21.8 Å². The summed E-state index contributed by atoms with van der Waals surface area (Å²) in [5.41, 5.74) is 0. The van der Waals surface area contributed by atoms with Crippen LogP contribution in [0, 0.1) is 0 Å². The molecule has 0 aromatic carbocycles. The maximum absolute atomic E-state index is 5.44. The largest absolute Gasteiger partial charge is 0.381 e. The van der Waals surface area contributed by atoms with Gasteiger partial charge in [0.15, 0.2) is 0 Å². The lowest BCUT2D eigenvalue weighted by atomic mass is 10.2. The van der Waals surface area contributed by atoms with E-state index in [0.717, 1.165) is 19.8 Å². The highest BCUT2D eigenvalue weighted by atomic mass is 16.6. The van der Waals surface area contributed by atoms with Gasteiger partial charge < -0.3 is 9.47 Å². The van der Waals surface area contributed by atoms with Gasteiger partial charge in [-0.05, 0) is 25.7 Å². The standard InChI is InChI=1S/C10H20O2/c1-2-3-7-11-8-5-4-6-10-9-12-10/h10H,2-9H2,1H3/t10-/m0/s1. The first-order valence-electron chi connectivity index (χ1n) is 5.13. The van der Waals surface area contributed by atoms with Gasteiger partial charge in [-0.25, -0.2) is 0 Å². The molecule has 0 amide bonds. The Morgan fingerprint density at radius 1 is 1.25 bits per heavy atom. The Kier molecular flexibility index (Phi) is 5.37. The van der Waals surface area contributed by atoms with Crippen LogP contribution in [-0.2, 0) is 9.47 Å². The molecule has 1 fully saturated rings. The molecule has 72 valence electrons. The predicted octanol–water partition coefficient (Wildman–Crippen LogP) is 2.37. The van der Waals surface area contributed by atoms with Crippen molar-refractivity contribution in [3.05, 3.63) is 0 Å². The first-order valence-corrected chi connectivity index (χ1v) is 5.13. The number of hydrogen-bond acceptors (Lipinski definition) is 2. The van der Waals surface area contributed by atoms with E-state index in [1.807, 2.05) is 0 Å². The highest BCUT2D eigenvalue weighted by molar-refractivity contribution is 4.67. The average molecular weight is 172 g/mol. The smallest absolute Gasteiger partial charge is 0.0810 e. The maximum Gasteiger partial charge on any atom is 0.0810 e. The Hall–Kier alpha value is -0.0800. The van der Waals surface area contributed by atoms with Crippen LogP contribution in [0.2, 0.25) is 0 Å². The van der Waals surface area contributed by atoms with Crippen molar-refractivity contribution in [3.8, 4) is 0 Å². The summed E-state index contributed by atoms with van der Waals surface area (Å²) < 4.78 is 10.5. The molecule has 0 radical (unpaired) electrons. The minimum absolute atomic E-state index is 0.598. The van der Waals surface area contributed by atoms with Gasteiger partial charge in [-0.15, -0.1) is 0 Å². The third kappa shape index (κ3) is 5.56. The quantitative estimate of drug-likeness (QED) is 0.414. The summed E-state index contributed by atoms with van der Waals surface area (Å²) >= 11 is 0. The molecule has 1 saturated heterocycles. The lowest BCUT2D eigenvalue weighted by molar-refractivity contribution is 0.126. The van der Waals surface area contributed by atoms with Gasteiger partial charge in [0.05, 0.1) is 12.7 Å². The number of rotatable bonds is 8. The van der Waals surface area contributed by atoms with Crippen LogP contribution in [-0.4, -0.2) is 25.9 Å². The Morgan fingerprint density at radius 3 is 2.67 bits per heavy atom. The van der Waals surface area contributed by atoms with Gasteiger partial charge >= 0.3 is 0 Å². The number of ether oxygens (including phenoxy) is 2. The molecule has 0 saturated carbocycles. The van der Waals surface area contributed by atoms with Crippen LogP contribution >= 0.6 is 0 Å². The van der Waals surface area contributed by atoms with Gasteiger partial charge in [0, 0.05) is 13.2 Å². The van der Waals surface area contributed by atoms with E-state index >= 15 is 0 Å². The van der Waals surface area contributed by atoms with Gasteiger partial charge in [-0.2, -0.15) is 0 Å². The Bertz CT molecular complexity index is 100. The first-order chi connectivity index (χ1) is 5.93. The fraction of sp³-hybridized carbons (Fsp3) is 1.00. The highest BCUT2D eigenvalue weighted by Crippen LogP contribution is 2.16. The summed E-state index contributed by atoms with van der Waals surface area (Å²) in [5, 5.41) is 0. The molecule has 0 N–H and O–H groups in total. The van der Waals surface area contributed by atoms with Crippen molar-refractivity contribution in [1.82, 2.24) is 0 Å². The molecule has 0 bridgehead atoms. The second-order valence-corrected chi connectivity index (χ2v) is 3.42. The van der Waals surface area contributed by atoms with E-state index < -0.39 is 0 Å². The van der Waals surface area contributed by atoms with E-state index in [-0.39, 0.29) is 0 Å². The van der Waals surface area contributed by atoms with Crippen molar-refractivity contribution >= 4 is 0 Å². The SMILES string of the molecule is CCCCOCCCC[C@H]1CO1. The normalized spacial score (nSPS) is 21.2. The molecule has 2 heteroatoms. The fourth-order valence-electron chi connectivity index (χ4n) is 1.16. The summed E-state index contributed by atoms with van der Waals surface area (Å²) in [4.78, 5) is 0. The van der Waals surface area contributed by atoms with Gasteiger partial charge in [0.1, 0.15) is 0 Å². The molecule has 1 aliphatic rings. The zero-order valence-electron chi connectivity index (χ0n) is 8.05. The third-order valence-corrected chi connectivity index (χ3v) is 2.11. The van der Waals surface area contributed by atoms with Gasteiger partial charge in [-0.1, -0.05) is 13.3 Å². The van der Waals surface area contributed by atoms with E-state index in [9.17, 15) is 0 Å². The van der Waals surface area contributed by atoms with Gasteiger partial charge in [0.2, 0.25) is 0 Å². The lowest BCUT2D eigenvalue weighted by Crippen LogP contribution is -1.97. The highest BCUT2D eigenvalue weighted by Gasteiger charge is 2.20. The number of unbranched alkanes of at least 4 members (excludes halogenated alkanes) is 2. The van der Waals surface area contributed by atoms with E-state index in [1.165, 1.54) is 32.1 Å². The minimum atomic E-state index is 0.598. The molecular weight excluding hydrogens is 152 g/mol. The molecule has 12 heavy (non-hydrogen) atoms. The van der Waals surface area contributed by atoms with E-state index in [1.54, 1.807) is 0 Å². The zero-order chi connectivity index (χ0) is 8.65.